The molecule has 2 aliphatic carbocycles. The molecule has 4 unspecified atom stereocenters. The summed E-state index contributed by atoms with van der Waals surface area (Å²) in [5.74, 6) is -1.12. The molecule has 0 spiro atoms. The summed E-state index contributed by atoms with van der Waals surface area (Å²) >= 11 is 0. The minimum atomic E-state index is -0.780. The third kappa shape index (κ3) is 1.12. The summed E-state index contributed by atoms with van der Waals surface area (Å²) in [6.45, 7) is 0. The van der Waals surface area contributed by atoms with Crippen LogP contribution in [0, 0.1) is 27.9 Å². The first-order valence-corrected chi connectivity index (χ1v) is 4.55. The Labute approximate surface area is 80.9 Å². The van der Waals surface area contributed by atoms with Gasteiger partial charge in [0.1, 0.15) is 5.92 Å². The number of carbonyl (C=O) groups is 1. The minimum absolute atomic E-state index is 0.00264. The van der Waals surface area contributed by atoms with Gasteiger partial charge in [-0.3, -0.25) is 14.9 Å². The molecule has 0 amide bonds. The molecule has 2 rings (SSSR count). The normalized spacial score (nSPS) is 38.6. The van der Waals surface area contributed by atoms with Crippen molar-refractivity contribution in [1.82, 2.24) is 0 Å². The van der Waals surface area contributed by atoms with Crippen molar-refractivity contribution in [2.24, 2.45) is 17.8 Å². The maximum absolute atomic E-state index is 11.4. The van der Waals surface area contributed by atoms with Gasteiger partial charge in [0.15, 0.2) is 0 Å². The Morgan fingerprint density at radius 1 is 1.50 bits per heavy atom. The Bertz CT molecular complexity index is 312. The molecule has 1 fully saturated rings. The summed E-state index contributed by atoms with van der Waals surface area (Å²) < 4.78 is 4.59. The number of ether oxygens (including phenoxy) is 1. The van der Waals surface area contributed by atoms with Crippen LogP contribution in [0.5, 0.6) is 0 Å². The second kappa shape index (κ2) is 3.08. The fourth-order valence-corrected chi connectivity index (χ4v) is 2.53. The van der Waals surface area contributed by atoms with E-state index < -0.39 is 17.9 Å². The summed E-state index contributed by atoms with van der Waals surface area (Å²) in [7, 11) is 1.27. The Balaban J connectivity index is 2.26. The van der Waals surface area contributed by atoms with E-state index in [1.54, 1.807) is 0 Å². The Kier molecular flexibility index (Phi) is 2.02. The summed E-state index contributed by atoms with van der Waals surface area (Å²) in [5.41, 5.74) is 0. The van der Waals surface area contributed by atoms with Gasteiger partial charge >= 0.3 is 5.97 Å². The van der Waals surface area contributed by atoms with Crippen LogP contribution in [-0.2, 0) is 9.53 Å². The Morgan fingerprint density at radius 3 is 2.71 bits per heavy atom. The SMILES string of the molecule is COC(=O)C1C2C=CC(C2)C1[N+](=O)[O-]. The number of hydrogen-bond donors (Lipinski definition) is 0. The number of carbonyl (C=O) groups excluding carboxylic acids is 1. The van der Waals surface area contributed by atoms with E-state index in [1.807, 2.05) is 12.2 Å². The first kappa shape index (κ1) is 9.18. The quantitative estimate of drug-likeness (QED) is 0.282. The van der Waals surface area contributed by atoms with E-state index in [0.717, 1.165) is 0 Å². The molecule has 0 aromatic rings. The molecule has 0 aliphatic heterocycles. The third-order valence-corrected chi connectivity index (χ3v) is 3.13. The van der Waals surface area contributed by atoms with Crippen LogP contribution in [0.4, 0.5) is 0 Å². The molecular formula is C9H11NO4. The fourth-order valence-electron chi connectivity index (χ4n) is 2.53. The predicted molar refractivity (Wildman–Crippen MR) is 47.0 cm³/mol. The van der Waals surface area contributed by atoms with E-state index in [-0.39, 0.29) is 16.8 Å². The average Bonchev–Trinajstić information content (AvgIpc) is 2.74. The van der Waals surface area contributed by atoms with Crippen molar-refractivity contribution >= 4 is 5.97 Å². The molecular weight excluding hydrogens is 186 g/mol. The van der Waals surface area contributed by atoms with Crippen LogP contribution >= 0.6 is 0 Å². The van der Waals surface area contributed by atoms with Crippen molar-refractivity contribution in [1.29, 1.82) is 0 Å². The number of rotatable bonds is 2. The third-order valence-electron chi connectivity index (χ3n) is 3.13. The second-order valence-electron chi connectivity index (χ2n) is 3.77. The molecule has 14 heavy (non-hydrogen) atoms. The molecule has 2 aliphatic rings. The van der Waals surface area contributed by atoms with Crippen molar-refractivity contribution in [3.8, 4) is 0 Å². The largest absolute Gasteiger partial charge is 0.469 e. The molecule has 76 valence electrons. The van der Waals surface area contributed by atoms with Crippen molar-refractivity contribution in [3.63, 3.8) is 0 Å². The number of methoxy groups -OCH3 is 1. The van der Waals surface area contributed by atoms with Crippen LogP contribution < -0.4 is 0 Å². The number of nitrogens with zero attached hydrogens (tertiary/aromatic N) is 1. The Hall–Kier alpha value is -1.39. The van der Waals surface area contributed by atoms with Crippen LogP contribution in [0.2, 0.25) is 0 Å². The first-order chi connectivity index (χ1) is 6.65. The van der Waals surface area contributed by atoms with Gasteiger partial charge in [-0.1, -0.05) is 12.2 Å². The van der Waals surface area contributed by atoms with E-state index >= 15 is 0 Å². The number of allylic oxidation sites excluding steroid dienone is 1. The summed E-state index contributed by atoms with van der Waals surface area (Å²) in [4.78, 5) is 21.8. The minimum Gasteiger partial charge on any atom is -0.469 e. The van der Waals surface area contributed by atoms with Crippen molar-refractivity contribution in [2.75, 3.05) is 7.11 Å². The van der Waals surface area contributed by atoms with Gasteiger partial charge in [0, 0.05) is 10.8 Å². The highest BCUT2D eigenvalue weighted by atomic mass is 16.6. The maximum Gasteiger partial charge on any atom is 0.316 e. The van der Waals surface area contributed by atoms with Crippen LogP contribution in [0.15, 0.2) is 12.2 Å². The zero-order valence-electron chi connectivity index (χ0n) is 7.75. The van der Waals surface area contributed by atoms with Crippen LogP contribution in [0.3, 0.4) is 0 Å². The zero-order valence-corrected chi connectivity index (χ0v) is 7.75. The topological polar surface area (TPSA) is 69.4 Å². The molecule has 0 aromatic carbocycles. The van der Waals surface area contributed by atoms with Crippen molar-refractivity contribution in [3.05, 3.63) is 22.3 Å². The summed E-state index contributed by atoms with van der Waals surface area (Å²) in [6.07, 6.45) is 4.45. The number of fused-ring (bicyclic) bond motifs is 2. The van der Waals surface area contributed by atoms with E-state index in [0.29, 0.717) is 6.42 Å². The number of esters is 1. The highest BCUT2D eigenvalue weighted by Crippen LogP contribution is 2.45. The van der Waals surface area contributed by atoms with Gasteiger partial charge in [0.05, 0.1) is 7.11 Å². The van der Waals surface area contributed by atoms with Gasteiger partial charge in [-0.2, -0.15) is 0 Å². The highest BCUT2D eigenvalue weighted by molar-refractivity contribution is 5.74. The van der Waals surface area contributed by atoms with E-state index in [9.17, 15) is 14.9 Å². The van der Waals surface area contributed by atoms with Gasteiger partial charge < -0.3 is 4.74 Å². The van der Waals surface area contributed by atoms with E-state index in [2.05, 4.69) is 4.74 Å². The van der Waals surface area contributed by atoms with Crippen LogP contribution in [-0.4, -0.2) is 24.0 Å². The lowest BCUT2D eigenvalue weighted by atomic mass is 9.89. The van der Waals surface area contributed by atoms with Crippen molar-refractivity contribution < 1.29 is 14.5 Å². The predicted octanol–water partition coefficient (Wildman–Crippen LogP) is 0.627. The van der Waals surface area contributed by atoms with Gasteiger partial charge in [0.2, 0.25) is 6.04 Å². The van der Waals surface area contributed by atoms with Crippen LogP contribution in [0.25, 0.3) is 0 Å². The number of nitro groups is 1. The lowest BCUT2D eigenvalue weighted by Crippen LogP contribution is -2.38. The molecule has 0 saturated heterocycles. The molecule has 1 saturated carbocycles. The monoisotopic (exact) mass is 197 g/mol. The van der Waals surface area contributed by atoms with Crippen molar-refractivity contribution in [2.45, 2.75) is 12.5 Å². The highest BCUT2D eigenvalue weighted by Gasteiger charge is 2.55. The lowest BCUT2D eigenvalue weighted by molar-refractivity contribution is -0.533. The van der Waals surface area contributed by atoms with Gasteiger partial charge in [-0.15, -0.1) is 0 Å². The number of hydrogen-bond acceptors (Lipinski definition) is 4. The molecule has 5 nitrogen and oxygen atoms in total. The van der Waals surface area contributed by atoms with Gasteiger partial charge in [0.25, 0.3) is 0 Å². The Morgan fingerprint density at radius 2 is 2.14 bits per heavy atom. The summed E-state index contributed by atoms with van der Waals surface area (Å²) in [6, 6.07) is -0.780. The first-order valence-electron chi connectivity index (χ1n) is 4.55. The average molecular weight is 197 g/mol. The molecule has 0 heterocycles. The standard InChI is InChI=1S/C9H11NO4/c1-14-9(11)7-5-2-3-6(4-5)8(7)10(12)13/h2-3,5-8H,4H2,1H3. The lowest BCUT2D eigenvalue weighted by Gasteiger charge is -2.18. The van der Waals surface area contributed by atoms with Gasteiger partial charge in [-0.05, 0) is 12.3 Å². The van der Waals surface area contributed by atoms with Crippen LogP contribution in [0.1, 0.15) is 6.42 Å². The molecule has 0 N–H and O–H groups in total. The molecule has 4 atom stereocenters. The molecule has 2 bridgehead atoms. The zero-order chi connectivity index (χ0) is 10.3. The molecule has 0 aromatic heterocycles. The molecule has 5 heteroatoms. The van der Waals surface area contributed by atoms with E-state index in [4.69, 9.17) is 0 Å². The molecule has 0 radical (unpaired) electrons. The maximum atomic E-state index is 11.4. The summed E-state index contributed by atoms with van der Waals surface area (Å²) in [5, 5.41) is 10.8. The van der Waals surface area contributed by atoms with E-state index in [1.165, 1.54) is 7.11 Å². The second-order valence-corrected chi connectivity index (χ2v) is 3.77. The smallest absolute Gasteiger partial charge is 0.316 e. The van der Waals surface area contributed by atoms with Gasteiger partial charge in [-0.25, -0.2) is 0 Å². The fraction of sp³-hybridized carbons (Fsp3) is 0.667.